The van der Waals surface area contributed by atoms with Crippen molar-refractivity contribution in [1.82, 2.24) is 0 Å². The predicted molar refractivity (Wildman–Crippen MR) is 100 cm³/mol. The molecule has 0 unspecified atom stereocenters. The van der Waals surface area contributed by atoms with Gasteiger partial charge in [-0.15, -0.1) is 0 Å². The van der Waals surface area contributed by atoms with Crippen LogP contribution in [-0.4, -0.2) is 23.9 Å². The monoisotopic (exact) mass is 374 g/mol. The van der Waals surface area contributed by atoms with Crippen LogP contribution < -0.4 is 10.2 Å². The Kier molecular flexibility index (Phi) is 5.85. The lowest BCUT2D eigenvalue weighted by molar-refractivity contribution is -0.926. The summed E-state index contributed by atoms with van der Waals surface area (Å²) in [6.45, 7) is 1.88. The molecule has 1 fully saturated rings. The summed E-state index contributed by atoms with van der Waals surface area (Å²) in [6, 6.07) is 13.7. The third-order valence-corrected chi connectivity index (χ3v) is 5.03. The van der Waals surface area contributed by atoms with Gasteiger partial charge in [0, 0.05) is 17.3 Å². The Balaban J connectivity index is 1.86. The number of nitro benzene ring substituents is 1. The molecule has 1 saturated heterocycles. The lowest BCUT2D eigenvalue weighted by atomic mass is 10.0. The largest absolute Gasteiger partial charge is 0.321 e. The molecule has 0 spiro atoms. The van der Waals surface area contributed by atoms with E-state index in [2.05, 4.69) is 5.32 Å². The minimum atomic E-state index is -0.553. The van der Waals surface area contributed by atoms with Crippen molar-refractivity contribution in [3.8, 4) is 0 Å². The molecule has 1 aliphatic heterocycles. The Morgan fingerprint density at radius 2 is 1.81 bits per heavy atom. The number of nitrogens with one attached hydrogen (secondary N) is 2. The molecular formula is C19H21ClN3O3+. The smallest absolute Gasteiger partial charge is 0.289 e. The van der Waals surface area contributed by atoms with Crippen LogP contribution in [0.2, 0.25) is 5.02 Å². The van der Waals surface area contributed by atoms with Gasteiger partial charge in [-0.25, -0.2) is 0 Å². The summed E-state index contributed by atoms with van der Waals surface area (Å²) in [7, 11) is 0. The van der Waals surface area contributed by atoms with Gasteiger partial charge >= 0.3 is 0 Å². The van der Waals surface area contributed by atoms with Crippen LogP contribution in [0.4, 0.5) is 11.4 Å². The van der Waals surface area contributed by atoms with Crippen LogP contribution in [0.25, 0.3) is 0 Å². The highest BCUT2D eigenvalue weighted by molar-refractivity contribution is 6.32. The minimum Gasteiger partial charge on any atom is -0.321 e. The number of likely N-dealkylation sites (tertiary alicyclic amines) is 1. The second kappa shape index (κ2) is 8.29. The average Bonchev–Trinajstić information content (AvgIpc) is 2.65. The quantitative estimate of drug-likeness (QED) is 0.624. The predicted octanol–water partition coefficient (Wildman–Crippen LogP) is 3.00. The maximum atomic E-state index is 13.0. The van der Waals surface area contributed by atoms with Gasteiger partial charge in [0.25, 0.3) is 11.6 Å². The number of hydrogen-bond donors (Lipinski definition) is 2. The van der Waals surface area contributed by atoms with E-state index in [0.717, 1.165) is 31.5 Å². The SMILES string of the molecule is O=C(Nc1ccc(Cl)c([N+](=O)[O-])c1)[C@H](c1ccccc1)[NH+]1CCCCC1. The van der Waals surface area contributed by atoms with Crippen molar-refractivity contribution >= 4 is 28.9 Å². The fourth-order valence-corrected chi connectivity index (χ4v) is 3.64. The van der Waals surface area contributed by atoms with E-state index in [-0.39, 0.29) is 22.7 Å². The summed E-state index contributed by atoms with van der Waals surface area (Å²) >= 11 is 5.85. The molecule has 7 heteroatoms. The molecule has 0 saturated carbocycles. The van der Waals surface area contributed by atoms with Gasteiger partial charge < -0.3 is 10.2 Å². The molecule has 1 amide bonds. The topological polar surface area (TPSA) is 76.7 Å². The van der Waals surface area contributed by atoms with E-state index >= 15 is 0 Å². The Bertz CT molecular complexity index is 792. The molecule has 2 N–H and O–H groups in total. The number of quaternary nitrogens is 1. The number of halogens is 1. The summed E-state index contributed by atoms with van der Waals surface area (Å²) in [5.74, 6) is -0.162. The normalized spacial score (nSPS) is 16.0. The summed E-state index contributed by atoms with van der Waals surface area (Å²) in [5, 5.41) is 14.0. The summed E-state index contributed by atoms with van der Waals surface area (Å²) in [4.78, 5) is 24.8. The summed E-state index contributed by atoms with van der Waals surface area (Å²) < 4.78 is 0. The third kappa shape index (κ3) is 4.20. The maximum absolute atomic E-state index is 13.0. The van der Waals surface area contributed by atoms with Crippen molar-refractivity contribution in [1.29, 1.82) is 0 Å². The van der Waals surface area contributed by atoms with Crippen molar-refractivity contribution in [2.45, 2.75) is 25.3 Å². The van der Waals surface area contributed by atoms with Gasteiger partial charge in [-0.3, -0.25) is 14.9 Å². The first-order chi connectivity index (χ1) is 12.6. The van der Waals surface area contributed by atoms with Gasteiger partial charge in [0.15, 0.2) is 6.04 Å². The number of carbonyl (C=O) groups excluding carboxylic acids is 1. The first kappa shape index (κ1) is 18.4. The molecule has 0 radical (unpaired) electrons. The van der Waals surface area contributed by atoms with Crippen LogP contribution in [-0.2, 0) is 4.79 Å². The van der Waals surface area contributed by atoms with Crippen LogP contribution >= 0.6 is 11.6 Å². The molecular weight excluding hydrogens is 354 g/mol. The highest BCUT2D eigenvalue weighted by atomic mass is 35.5. The van der Waals surface area contributed by atoms with Gasteiger partial charge in [0.1, 0.15) is 5.02 Å². The molecule has 1 atom stereocenters. The van der Waals surface area contributed by atoms with Crippen LogP contribution in [0.15, 0.2) is 48.5 Å². The van der Waals surface area contributed by atoms with E-state index in [1.165, 1.54) is 23.5 Å². The molecule has 2 aromatic rings. The van der Waals surface area contributed by atoms with Gasteiger partial charge in [0.05, 0.1) is 18.0 Å². The van der Waals surface area contributed by atoms with E-state index in [4.69, 9.17) is 11.6 Å². The van der Waals surface area contributed by atoms with Gasteiger partial charge in [-0.2, -0.15) is 0 Å². The van der Waals surface area contributed by atoms with Crippen molar-refractivity contribution < 1.29 is 14.6 Å². The zero-order chi connectivity index (χ0) is 18.5. The summed E-state index contributed by atoms with van der Waals surface area (Å²) in [5.41, 5.74) is 1.11. The van der Waals surface area contributed by atoms with Crippen LogP contribution in [0.1, 0.15) is 30.9 Å². The molecule has 6 nitrogen and oxygen atoms in total. The molecule has 0 aliphatic carbocycles. The van der Waals surface area contributed by atoms with Crippen molar-refractivity contribution in [3.63, 3.8) is 0 Å². The van der Waals surface area contributed by atoms with Crippen molar-refractivity contribution in [2.24, 2.45) is 0 Å². The molecule has 1 heterocycles. The first-order valence-corrected chi connectivity index (χ1v) is 9.08. The molecule has 0 aromatic heterocycles. The van der Waals surface area contributed by atoms with E-state index < -0.39 is 4.92 Å². The molecule has 26 heavy (non-hydrogen) atoms. The number of carbonyl (C=O) groups is 1. The Labute approximate surface area is 156 Å². The average molecular weight is 375 g/mol. The highest BCUT2D eigenvalue weighted by Gasteiger charge is 2.32. The number of hydrogen-bond acceptors (Lipinski definition) is 3. The Morgan fingerprint density at radius 3 is 2.46 bits per heavy atom. The fourth-order valence-electron chi connectivity index (χ4n) is 3.46. The Hall–Kier alpha value is -2.44. The van der Waals surface area contributed by atoms with Gasteiger partial charge in [0.2, 0.25) is 0 Å². The second-order valence-corrected chi connectivity index (χ2v) is 6.88. The fraction of sp³-hybridized carbons (Fsp3) is 0.316. The van der Waals surface area contributed by atoms with Crippen molar-refractivity contribution in [2.75, 3.05) is 18.4 Å². The second-order valence-electron chi connectivity index (χ2n) is 6.48. The van der Waals surface area contributed by atoms with Crippen molar-refractivity contribution in [3.05, 3.63) is 69.2 Å². The minimum absolute atomic E-state index is 0.0502. The Morgan fingerprint density at radius 1 is 1.12 bits per heavy atom. The number of benzene rings is 2. The zero-order valence-corrected chi connectivity index (χ0v) is 15.0. The molecule has 3 rings (SSSR count). The number of amides is 1. The molecule has 0 bridgehead atoms. The zero-order valence-electron chi connectivity index (χ0n) is 14.3. The third-order valence-electron chi connectivity index (χ3n) is 4.71. The number of piperidine rings is 1. The number of anilines is 1. The molecule has 136 valence electrons. The maximum Gasteiger partial charge on any atom is 0.289 e. The van der Waals surface area contributed by atoms with Gasteiger partial charge in [-0.05, 0) is 31.4 Å². The number of rotatable bonds is 5. The first-order valence-electron chi connectivity index (χ1n) is 8.70. The van der Waals surface area contributed by atoms with Crippen LogP contribution in [0, 0.1) is 10.1 Å². The highest BCUT2D eigenvalue weighted by Crippen LogP contribution is 2.27. The van der Waals surface area contributed by atoms with E-state index in [9.17, 15) is 14.9 Å². The number of nitro groups is 1. The van der Waals surface area contributed by atoms with E-state index in [1.54, 1.807) is 6.07 Å². The van der Waals surface area contributed by atoms with E-state index in [0.29, 0.717) is 5.69 Å². The van der Waals surface area contributed by atoms with Gasteiger partial charge in [-0.1, -0.05) is 41.9 Å². The lowest BCUT2D eigenvalue weighted by Crippen LogP contribution is -3.14. The molecule has 1 aliphatic rings. The standard InChI is InChI=1S/C19H20ClN3O3/c20-16-10-9-15(13-17(16)23(25)26)21-19(24)18(14-7-3-1-4-8-14)22-11-5-2-6-12-22/h1,3-4,7-10,13,18H,2,5-6,11-12H2,(H,21,24)/p+1/t18-/m0/s1. The number of nitrogens with zero attached hydrogens (tertiary/aromatic N) is 1. The summed E-state index contributed by atoms with van der Waals surface area (Å²) in [6.07, 6.45) is 3.38. The van der Waals surface area contributed by atoms with Crippen LogP contribution in [0.3, 0.4) is 0 Å². The lowest BCUT2D eigenvalue weighted by Gasteiger charge is -2.30. The van der Waals surface area contributed by atoms with E-state index in [1.807, 2.05) is 30.3 Å². The van der Waals surface area contributed by atoms with Crippen LogP contribution in [0.5, 0.6) is 0 Å². The molecule has 2 aromatic carbocycles.